The number of hydrogen-bond donors (Lipinski definition) is 1. The molecule has 0 radical (unpaired) electrons. The van der Waals surface area contributed by atoms with Crippen LogP contribution in [0.3, 0.4) is 0 Å². The number of fused-ring (bicyclic) bond motifs is 1. The SMILES string of the molecule is C=C1C(=O)O[C@@H]2C=C(C)CCC=C(C=O)C(OC(=O)C(C)C)[C@@H](O)[C@@H]12. The number of hydrogen-bond acceptors (Lipinski definition) is 6. The van der Waals surface area contributed by atoms with E-state index in [1.54, 1.807) is 26.0 Å². The van der Waals surface area contributed by atoms with E-state index >= 15 is 0 Å². The zero-order chi connectivity index (χ0) is 18.7. The predicted molar refractivity (Wildman–Crippen MR) is 90.4 cm³/mol. The van der Waals surface area contributed by atoms with Crippen LogP contribution in [0.1, 0.15) is 33.6 Å². The molecule has 4 atom stereocenters. The monoisotopic (exact) mass is 348 g/mol. The van der Waals surface area contributed by atoms with Crippen LogP contribution >= 0.6 is 0 Å². The Hall–Kier alpha value is -2.21. The average Bonchev–Trinajstić information content (AvgIpc) is 2.82. The van der Waals surface area contributed by atoms with E-state index in [4.69, 9.17) is 9.47 Å². The van der Waals surface area contributed by atoms with E-state index in [9.17, 15) is 19.5 Å². The minimum absolute atomic E-state index is 0.109. The van der Waals surface area contributed by atoms with Crippen molar-refractivity contribution >= 4 is 18.2 Å². The van der Waals surface area contributed by atoms with Crippen LogP contribution in [0.15, 0.2) is 35.5 Å². The molecule has 6 heteroatoms. The number of ether oxygens (including phenoxy) is 2. The van der Waals surface area contributed by atoms with Crippen LogP contribution in [-0.2, 0) is 23.9 Å². The van der Waals surface area contributed by atoms with Gasteiger partial charge in [-0.05, 0) is 25.8 Å². The lowest BCUT2D eigenvalue weighted by atomic mass is 9.84. The van der Waals surface area contributed by atoms with Crippen LogP contribution in [0.5, 0.6) is 0 Å². The van der Waals surface area contributed by atoms with Crippen LogP contribution in [-0.4, -0.2) is 41.6 Å². The maximum Gasteiger partial charge on any atom is 0.334 e. The van der Waals surface area contributed by atoms with Crippen molar-refractivity contribution in [2.75, 3.05) is 0 Å². The normalized spacial score (nSPS) is 30.1. The zero-order valence-corrected chi connectivity index (χ0v) is 14.7. The molecule has 1 aliphatic carbocycles. The van der Waals surface area contributed by atoms with Crippen LogP contribution in [0, 0.1) is 11.8 Å². The van der Waals surface area contributed by atoms with Crippen LogP contribution in [0.25, 0.3) is 0 Å². The van der Waals surface area contributed by atoms with E-state index in [0.29, 0.717) is 19.1 Å². The van der Waals surface area contributed by atoms with E-state index in [1.807, 2.05) is 6.92 Å². The first-order valence-corrected chi connectivity index (χ1v) is 8.37. The van der Waals surface area contributed by atoms with Crippen molar-refractivity contribution in [2.24, 2.45) is 11.8 Å². The van der Waals surface area contributed by atoms with Gasteiger partial charge in [-0.2, -0.15) is 0 Å². The largest absolute Gasteiger partial charge is 0.454 e. The molecule has 2 aliphatic rings. The summed E-state index contributed by atoms with van der Waals surface area (Å²) in [5.74, 6) is -2.33. The second-order valence-electron chi connectivity index (χ2n) is 6.80. The summed E-state index contributed by atoms with van der Waals surface area (Å²) in [7, 11) is 0. The van der Waals surface area contributed by atoms with Gasteiger partial charge in [0.15, 0.2) is 6.10 Å². The molecule has 0 aromatic carbocycles. The summed E-state index contributed by atoms with van der Waals surface area (Å²) in [5.41, 5.74) is 1.27. The van der Waals surface area contributed by atoms with Crippen LogP contribution in [0.2, 0.25) is 0 Å². The van der Waals surface area contributed by atoms with Crippen molar-refractivity contribution in [1.29, 1.82) is 0 Å². The minimum atomic E-state index is -1.31. The van der Waals surface area contributed by atoms with Crippen molar-refractivity contribution in [3.05, 3.63) is 35.5 Å². The van der Waals surface area contributed by atoms with E-state index in [0.717, 1.165) is 5.57 Å². The summed E-state index contributed by atoms with van der Waals surface area (Å²) in [6, 6.07) is 0. The van der Waals surface area contributed by atoms with Gasteiger partial charge in [0.1, 0.15) is 18.5 Å². The van der Waals surface area contributed by atoms with Gasteiger partial charge in [0.2, 0.25) is 0 Å². The Bertz CT molecular complexity index is 642. The molecule has 0 bridgehead atoms. The van der Waals surface area contributed by atoms with Gasteiger partial charge in [0, 0.05) is 11.1 Å². The quantitative estimate of drug-likeness (QED) is 0.362. The fourth-order valence-corrected chi connectivity index (χ4v) is 2.99. The van der Waals surface area contributed by atoms with Crippen LogP contribution < -0.4 is 0 Å². The number of allylic oxidation sites excluding steroid dienone is 2. The highest BCUT2D eigenvalue weighted by molar-refractivity contribution is 5.91. The first-order valence-electron chi connectivity index (χ1n) is 8.37. The third-order valence-corrected chi connectivity index (χ3v) is 4.49. The maximum absolute atomic E-state index is 12.1. The topological polar surface area (TPSA) is 89.9 Å². The number of carbonyl (C=O) groups is 3. The van der Waals surface area contributed by atoms with Gasteiger partial charge in [-0.25, -0.2) is 4.79 Å². The maximum atomic E-state index is 12.1. The Morgan fingerprint density at radius 3 is 2.76 bits per heavy atom. The predicted octanol–water partition coefficient (Wildman–Crippen LogP) is 1.88. The molecule has 1 unspecified atom stereocenters. The third kappa shape index (κ3) is 4.07. The molecule has 0 saturated carbocycles. The zero-order valence-electron chi connectivity index (χ0n) is 14.7. The summed E-state index contributed by atoms with van der Waals surface area (Å²) in [4.78, 5) is 35.5. The summed E-state index contributed by atoms with van der Waals surface area (Å²) in [6.45, 7) is 8.93. The van der Waals surface area contributed by atoms with E-state index < -0.39 is 42.1 Å². The van der Waals surface area contributed by atoms with Gasteiger partial charge in [-0.15, -0.1) is 0 Å². The summed E-state index contributed by atoms with van der Waals surface area (Å²) in [6.07, 6.45) is 2.05. The minimum Gasteiger partial charge on any atom is -0.454 e. The summed E-state index contributed by atoms with van der Waals surface area (Å²) < 4.78 is 10.7. The molecule has 0 spiro atoms. The van der Waals surface area contributed by atoms with E-state index in [2.05, 4.69) is 6.58 Å². The van der Waals surface area contributed by atoms with Gasteiger partial charge >= 0.3 is 11.9 Å². The molecule has 1 fully saturated rings. The molecule has 136 valence electrons. The lowest BCUT2D eigenvalue weighted by Crippen LogP contribution is -2.42. The summed E-state index contributed by atoms with van der Waals surface area (Å²) in [5, 5.41) is 10.9. The van der Waals surface area contributed by atoms with Crippen molar-refractivity contribution < 1.29 is 29.0 Å². The molecular formula is C19H24O6. The second kappa shape index (κ2) is 7.78. The highest BCUT2D eigenvalue weighted by Gasteiger charge is 2.46. The molecule has 0 aromatic heterocycles. The second-order valence-corrected chi connectivity index (χ2v) is 6.80. The van der Waals surface area contributed by atoms with Gasteiger partial charge < -0.3 is 14.6 Å². The van der Waals surface area contributed by atoms with E-state index in [1.165, 1.54) is 0 Å². The molecule has 6 nitrogen and oxygen atoms in total. The smallest absolute Gasteiger partial charge is 0.334 e. The van der Waals surface area contributed by atoms with Crippen molar-refractivity contribution in [3.8, 4) is 0 Å². The number of aliphatic hydroxyl groups is 1. The molecule has 0 aromatic rings. The fraction of sp³-hybridized carbons (Fsp3) is 0.526. The van der Waals surface area contributed by atoms with Crippen molar-refractivity contribution in [1.82, 2.24) is 0 Å². The standard InChI is InChI=1S/C19H24O6/c1-10(2)18(22)25-17-13(9-20)7-5-6-11(3)8-14-15(16(17)21)12(4)19(23)24-14/h7-10,14-17,21H,4-6H2,1-3H3/t14-,15+,16+,17?/m1/s1. The van der Waals surface area contributed by atoms with Gasteiger partial charge in [0.05, 0.1) is 11.8 Å². The molecule has 2 rings (SSSR count). The van der Waals surface area contributed by atoms with Crippen molar-refractivity contribution in [2.45, 2.75) is 51.9 Å². The van der Waals surface area contributed by atoms with Gasteiger partial charge in [0.25, 0.3) is 0 Å². The number of aldehydes is 1. The molecule has 1 aliphatic heterocycles. The molecule has 25 heavy (non-hydrogen) atoms. The molecular weight excluding hydrogens is 324 g/mol. The number of rotatable bonds is 3. The Morgan fingerprint density at radius 2 is 2.16 bits per heavy atom. The number of aliphatic hydroxyl groups excluding tert-OH is 1. The van der Waals surface area contributed by atoms with Gasteiger partial charge in [-0.3, -0.25) is 9.59 Å². The third-order valence-electron chi connectivity index (χ3n) is 4.49. The Kier molecular flexibility index (Phi) is 5.95. The fourth-order valence-electron chi connectivity index (χ4n) is 2.99. The highest BCUT2D eigenvalue weighted by Crippen LogP contribution is 2.35. The van der Waals surface area contributed by atoms with E-state index in [-0.39, 0.29) is 11.1 Å². The Balaban J connectivity index is 2.46. The Labute approximate surface area is 147 Å². The number of esters is 2. The molecule has 1 N–H and O–H groups in total. The Morgan fingerprint density at radius 1 is 1.48 bits per heavy atom. The first kappa shape index (κ1) is 19.1. The molecule has 0 amide bonds. The molecule has 1 heterocycles. The number of carbonyl (C=O) groups excluding carboxylic acids is 3. The average molecular weight is 348 g/mol. The summed E-state index contributed by atoms with van der Waals surface area (Å²) >= 11 is 0. The first-order chi connectivity index (χ1) is 11.8. The van der Waals surface area contributed by atoms with Gasteiger partial charge in [-0.1, -0.05) is 32.1 Å². The highest BCUT2D eigenvalue weighted by atomic mass is 16.6. The lowest BCUT2D eigenvalue weighted by molar-refractivity contribution is -0.158. The van der Waals surface area contributed by atoms with Crippen LogP contribution in [0.4, 0.5) is 0 Å². The lowest BCUT2D eigenvalue weighted by Gasteiger charge is -2.30. The molecule has 1 saturated heterocycles. The van der Waals surface area contributed by atoms with Crippen molar-refractivity contribution in [3.63, 3.8) is 0 Å².